The zero-order valence-corrected chi connectivity index (χ0v) is 32.0. The number of allylic oxidation sites excluding steroid dienone is 2. The summed E-state index contributed by atoms with van der Waals surface area (Å²) < 4.78 is 12.1. The number of aryl methyl sites for hydroxylation is 2. The summed E-state index contributed by atoms with van der Waals surface area (Å²) in [6.45, 7) is 4.46. The van der Waals surface area contributed by atoms with E-state index >= 15 is 0 Å². The summed E-state index contributed by atoms with van der Waals surface area (Å²) in [5.74, 6) is 2.60. The molecule has 0 saturated heterocycles. The molecule has 0 fully saturated rings. The fraction of sp³-hybridized carbons (Fsp3) is 0.143. The van der Waals surface area contributed by atoms with Gasteiger partial charge in [0.1, 0.15) is 11.5 Å². The molecule has 4 aromatic carbocycles. The van der Waals surface area contributed by atoms with Gasteiger partial charge < -0.3 is 8.83 Å². The number of hydrogen-bond donors (Lipinski definition) is 0. The fourth-order valence-corrected chi connectivity index (χ4v) is 9.41. The summed E-state index contributed by atoms with van der Waals surface area (Å²) in [4.78, 5) is 0. The van der Waals surface area contributed by atoms with Crippen LogP contribution in [0.4, 0.5) is 0 Å². The average molecular weight is 762 g/mol. The van der Waals surface area contributed by atoms with Gasteiger partial charge in [0.25, 0.3) is 0 Å². The molecule has 0 N–H and O–H groups in total. The third-order valence-electron chi connectivity index (χ3n) is 9.62. The SMILES string of the molecule is Cc1ccc2c(c1-c1ccccc1)C=C(c1ccco1)C2C[SiH]CC1C(c2ccco2)=Cc2c1ccc(C)c2-c1ccccc1.[Cl][Zr][Cl]. The van der Waals surface area contributed by atoms with E-state index in [9.17, 15) is 0 Å². The molecule has 0 aliphatic heterocycles. The Morgan fingerprint density at radius 1 is 0.562 bits per heavy atom. The molecule has 2 nitrogen and oxygen atoms in total. The molecule has 6 heteroatoms. The van der Waals surface area contributed by atoms with Crippen LogP contribution in [0.15, 0.2) is 131 Å². The van der Waals surface area contributed by atoms with E-state index in [4.69, 9.17) is 25.9 Å². The number of fused-ring (bicyclic) bond motifs is 2. The maximum atomic E-state index is 6.03. The second-order valence-corrected chi connectivity index (χ2v) is 17.6. The van der Waals surface area contributed by atoms with E-state index in [1.807, 2.05) is 12.1 Å². The molecular weight excluding hydrogens is 727 g/mol. The van der Waals surface area contributed by atoms with Gasteiger partial charge >= 0.3 is 37.9 Å². The van der Waals surface area contributed by atoms with Crippen molar-refractivity contribution in [3.63, 3.8) is 0 Å². The second kappa shape index (κ2) is 15.0. The Bertz CT molecular complexity index is 1920. The third kappa shape index (κ3) is 6.49. The van der Waals surface area contributed by atoms with Crippen molar-refractivity contribution >= 4 is 49.8 Å². The summed E-state index contributed by atoms with van der Waals surface area (Å²) in [5, 5.41) is 0. The van der Waals surface area contributed by atoms with Crippen LogP contribution in [-0.4, -0.2) is 9.52 Å². The zero-order chi connectivity index (χ0) is 33.0. The summed E-state index contributed by atoms with van der Waals surface area (Å²) in [6, 6.07) is 41.5. The number of furan rings is 2. The van der Waals surface area contributed by atoms with E-state index in [-0.39, 0.29) is 9.52 Å². The molecule has 2 aliphatic carbocycles. The van der Waals surface area contributed by atoms with Crippen molar-refractivity contribution < 1.29 is 29.7 Å². The first-order valence-corrected chi connectivity index (χ1v) is 24.2. The van der Waals surface area contributed by atoms with Gasteiger partial charge in [-0.25, -0.2) is 0 Å². The first-order chi connectivity index (χ1) is 23.6. The van der Waals surface area contributed by atoms with Crippen molar-refractivity contribution in [3.8, 4) is 22.3 Å². The van der Waals surface area contributed by atoms with Gasteiger partial charge in [-0.1, -0.05) is 97.0 Å². The van der Waals surface area contributed by atoms with Crippen LogP contribution < -0.4 is 0 Å². The van der Waals surface area contributed by atoms with Crippen molar-refractivity contribution in [1.82, 2.24) is 0 Å². The number of halogens is 2. The van der Waals surface area contributed by atoms with Crippen LogP contribution in [-0.2, 0) is 20.8 Å². The van der Waals surface area contributed by atoms with Gasteiger partial charge in [0.2, 0.25) is 0 Å². The monoisotopic (exact) mass is 759 g/mol. The molecule has 8 rings (SSSR count). The Morgan fingerprint density at radius 3 is 1.35 bits per heavy atom. The Hall–Kier alpha value is -3.40. The molecule has 1 radical (unpaired) electrons. The van der Waals surface area contributed by atoms with Crippen LogP contribution in [0.5, 0.6) is 0 Å². The maximum absolute atomic E-state index is 6.03. The van der Waals surface area contributed by atoms with Gasteiger partial charge in [-0.3, -0.25) is 0 Å². The van der Waals surface area contributed by atoms with Crippen molar-refractivity contribution in [3.05, 3.63) is 167 Å². The van der Waals surface area contributed by atoms with E-state index in [2.05, 4.69) is 123 Å². The van der Waals surface area contributed by atoms with Crippen LogP contribution in [0.25, 0.3) is 45.6 Å². The Labute approximate surface area is 304 Å². The Morgan fingerprint density at radius 2 is 0.979 bits per heavy atom. The van der Waals surface area contributed by atoms with E-state index in [0.717, 1.165) is 23.6 Å². The summed E-state index contributed by atoms with van der Waals surface area (Å²) in [5.41, 5.74) is 16.0. The Kier molecular flexibility index (Phi) is 10.4. The van der Waals surface area contributed by atoms with E-state index in [1.165, 1.54) is 66.8 Å². The van der Waals surface area contributed by atoms with Crippen LogP contribution in [0.3, 0.4) is 0 Å². The topological polar surface area (TPSA) is 26.3 Å². The van der Waals surface area contributed by atoms with Crippen molar-refractivity contribution in [2.45, 2.75) is 37.8 Å². The Balaban J connectivity index is 0.00000117. The number of benzene rings is 4. The molecule has 2 unspecified atom stereocenters. The van der Waals surface area contributed by atoms with Crippen molar-refractivity contribution in [2.24, 2.45) is 0 Å². The van der Waals surface area contributed by atoms with Gasteiger partial charge in [-0.2, -0.15) is 0 Å². The zero-order valence-electron chi connectivity index (χ0n) is 26.9. The van der Waals surface area contributed by atoms with Gasteiger partial charge in [-0.05, 0) is 106 Å². The first kappa shape index (κ1) is 33.1. The fourth-order valence-electron chi connectivity index (χ4n) is 7.54. The quantitative estimate of drug-likeness (QED) is 0.144. The molecule has 2 atom stereocenters. The molecule has 2 heterocycles. The molecule has 0 amide bonds. The molecule has 0 spiro atoms. The van der Waals surface area contributed by atoms with E-state index < -0.39 is 20.8 Å². The molecule has 6 aromatic rings. The standard InChI is InChI=1S/C42H35O2Si.2ClH.Zr/c1-27-17-19-31-35(41(27)29-11-5-3-6-12-29)23-33(39-15-9-21-43-39)37(31)25-45-26-38-32-20-18-28(2)42(30-13-7-4-8-14-30)36(32)24-34(38)40-16-10-22-44-40;;;/h3-24,37-38,45H,25-26H2,1-2H3;2*1H;/q;;;+2/p-2. The molecule has 0 bridgehead atoms. The van der Waals surface area contributed by atoms with Gasteiger partial charge in [0, 0.05) is 32.5 Å². The molecule has 237 valence electrons. The van der Waals surface area contributed by atoms with Gasteiger partial charge in [0.05, 0.1) is 12.5 Å². The summed E-state index contributed by atoms with van der Waals surface area (Å²) >= 11 is -0.826. The van der Waals surface area contributed by atoms with E-state index in [1.54, 1.807) is 12.5 Å². The third-order valence-corrected chi connectivity index (χ3v) is 11.2. The molecule has 48 heavy (non-hydrogen) atoms. The predicted molar refractivity (Wildman–Crippen MR) is 200 cm³/mol. The number of rotatable bonds is 8. The first-order valence-electron chi connectivity index (χ1n) is 16.3. The average Bonchev–Trinajstić information content (AvgIpc) is 3.93. The minimum atomic E-state index is -0.826. The molecular formula is C42H35Cl2O2SiZr. The second-order valence-electron chi connectivity index (χ2n) is 12.3. The van der Waals surface area contributed by atoms with Crippen LogP contribution >= 0.6 is 17.0 Å². The molecule has 2 aromatic heterocycles. The summed E-state index contributed by atoms with van der Waals surface area (Å²) in [6.07, 6.45) is 8.41. The molecule has 2 aliphatic rings. The van der Waals surface area contributed by atoms with Gasteiger partial charge in [0.15, 0.2) is 0 Å². The van der Waals surface area contributed by atoms with Crippen LogP contribution in [0, 0.1) is 13.8 Å². The normalized spacial score (nSPS) is 16.0. The predicted octanol–water partition coefficient (Wildman–Crippen LogP) is 12.4. The van der Waals surface area contributed by atoms with Crippen LogP contribution in [0.1, 0.15) is 56.7 Å². The minimum absolute atomic E-state index is 0.130. The van der Waals surface area contributed by atoms with Crippen molar-refractivity contribution in [1.29, 1.82) is 0 Å². The van der Waals surface area contributed by atoms with Crippen LogP contribution in [0.2, 0.25) is 12.1 Å². The molecule has 0 saturated carbocycles. The number of hydrogen-bond acceptors (Lipinski definition) is 2. The summed E-state index contributed by atoms with van der Waals surface area (Å²) in [7, 11) is 10.00. The van der Waals surface area contributed by atoms with Gasteiger partial charge in [-0.15, -0.1) is 0 Å². The van der Waals surface area contributed by atoms with E-state index in [0.29, 0.717) is 11.8 Å². The van der Waals surface area contributed by atoms with Crippen molar-refractivity contribution in [2.75, 3.05) is 0 Å².